The maximum Gasteiger partial charge on any atom is 0.305 e. The highest BCUT2D eigenvalue weighted by molar-refractivity contribution is 6.06. The molecule has 0 saturated carbocycles. The van der Waals surface area contributed by atoms with E-state index >= 15 is 0 Å². The lowest BCUT2D eigenvalue weighted by molar-refractivity contribution is -0.137. The Labute approximate surface area is 246 Å². The first-order chi connectivity index (χ1) is 20.8. The second-order valence-corrected chi connectivity index (χ2v) is 10.0. The summed E-state index contributed by atoms with van der Waals surface area (Å²) in [5.74, 6) is -3.49. The number of carboxylic acids is 1. The molecule has 0 aliphatic heterocycles. The molecule has 0 spiro atoms. The Hall–Kier alpha value is -5.31. The SMILES string of the molecule is O=C(O)CCN(CCc1c[nH]c2ccccc12)C(=O)c1ccccc1-c1ccccc1C(=O)NCc1c(F)cccc1F. The standard InChI is InChI=1S/C34H29F2N3O4/c35-29-13-7-14-30(36)28(29)21-38-33(42)26-11-3-1-9-24(26)25-10-2-4-12-27(25)34(43)39(19-17-32(40)41)18-16-22-20-37-31-15-6-5-8-23(22)31/h1-15,20,37H,16-19,21H2,(H,38,42)(H,40,41). The summed E-state index contributed by atoms with van der Waals surface area (Å²) in [6, 6.07) is 24.7. The minimum atomic E-state index is -1.02. The number of amides is 2. The number of aliphatic carboxylic acids is 1. The number of hydrogen-bond acceptors (Lipinski definition) is 3. The molecular formula is C34H29F2N3O4. The van der Waals surface area contributed by atoms with Crippen LogP contribution in [-0.2, 0) is 17.8 Å². The molecule has 5 rings (SSSR count). The van der Waals surface area contributed by atoms with E-state index in [-0.39, 0.29) is 43.1 Å². The number of carbonyl (C=O) groups is 3. The van der Waals surface area contributed by atoms with Crippen LogP contribution in [0.25, 0.3) is 22.0 Å². The van der Waals surface area contributed by atoms with Gasteiger partial charge in [0.2, 0.25) is 0 Å². The number of carboxylic acid groups (broad SMARTS) is 1. The van der Waals surface area contributed by atoms with E-state index in [0.29, 0.717) is 23.1 Å². The van der Waals surface area contributed by atoms with Crippen molar-refractivity contribution in [2.45, 2.75) is 19.4 Å². The summed E-state index contributed by atoms with van der Waals surface area (Å²) < 4.78 is 28.3. The van der Waals surface area contributed by atoms with Crippen LogP contribution in [0.5, 0.6) is 0 Å². The van der Waals surface area contributed by atoms with Crippen molar-refractivity contribution in [1.29, 1.82) is 0 Å². The summed E-state index contributed by atoms with van der Waals surface area (Å²) in [7, 11) is 0. The highest BCUT2D eigenvalue weighted by atomic mass is 19.1. The van der Waals surface area contributed by atoms with Gasteiger partial charge in [-0.25, -0.2) is 8.78 Å². The number of benzene rings is 4. The molecule has 0 atom stereocenters. The topological polar surface area (TPSA) is 102 Å². The number of carbonyl (C=O) groups excluding carboxylic acids is 2. The first-order valence-electron chi connectivity index (χ1n) is 13.8. The highest BCUT2D eigenvalue weighted by Gasteiger charge is 2.23. The fourth-order valence-electron chi connectivity index (χ4n) is 5.10. The van der Waals surface area contributed by atoms with Crippen LogP contribution in [0.2, 0.25) is 0 Å². The number of rotatable bonds is 11. The van der Waals surface area contributed by atoms with Gasteiger partial charge in [0.05, 0.1) is 6.42 Å². The predicted molar refractivity (Wildman–Crippen MR) is 160 cm³/mol. The molecule has 0 fully saturated rings. The maximum atomic E-state index is 14.1. The molecule has 43 heavy (non-hydrogen) atoms. The summed E-state index contributed by atoms with van der Waals surface area (Å²) in [5.41, 5.74) is 3.16. The van der Waals surface area contributed by atoms with Gasteiger partial charge < -0.3 is 20.3 Å². The minimum Gasteiger partial charge on any atom is -0.481 e. The summed E-state index contributed by atoms with van der Waals surface area (Å²) in [6.45, 7) is -0.0805. The van der Waals surface area contributed by atoms with Gasteiger partial charge in [-0.1, -0.05) is 60.7 Å². The third-order valence-corrected chi connectivity index (χ3v) is 7.32. The van der Waals surface area contributed by atoms with Crippen molar-refractivity contribution in [3.05, 3.63) is 131 Å². The zero-order valence-corrected chi connectivity index (χ0v) is 23.1. The van der Waals surface area contributed by atoms with Crippen LogP contribution in [0.15, 0.2) is 97.2 Å². The maximum absolute atomic E-state index is 14.1. The van der Waals surface area contributed by atoms with Crippen LogP contribution in [0, 0.1) is 11.6 Å². The van der Waals surface area contributed by atoms with Crippen LogP contribution in [0.1, 0.15) is 38.3 Å². The summed E-state index contributed by atoms with van der Waals surface area (Å²) in [6.07, 6.45) is 2.16. The van der Waals surface area contributed by atoms with E-state index in [0.717, 1.165) is 28.6 Å². The third-order valence-electron chi connectivity index (χ3n) is 7.32. The van der Waals surface area contributed by atoms with Crippen molar-refractivity contribution >= 4 is 28.7 Å². The van der Waals surface area contributed by atoms with Gasteiger partial charge in [-0.15, -0.1) is 0 Å². The van der Waals surface area contributed by atoms with E-state index < -0.39 is 23.5 Å². The number of halogens is 2. The summed E-state index contributed by atoms with van der Waals surface area (Å²) in [5, 5.41) is 13.0. The van der Waals surface area contributed by atoms with E-state index in [4.69, 9.17) is 0 Å². The minimum absolute atomic E-state index is 0.00118. The Morgan fingerprint density at radius 3 is 2.12 bits per heavy atom. The molecule has 3 N–H and O–H groups in total. The van der Waals surface area contributed by atoms with Crippen molar-refractivity contribution < 1.29 is 28.3 Å². The van der Waals surface area contributed by atoms with Crippen molar-refractivity contribution in [3.8, 4) is 11.1 Å². The largest absolute Gasteiger partial charge is 0.481 e. The number of aromatic nitrogens is 1. The summed E-state index contributed by atoms with van der Waals surface area (Å²) >= 11 is 0. The average Bonchev–Trinajstić information content (AvgIpc) is 3.43. The van der Waals surface area contributed by atoms with Crippen molar-refractivity contribution in [3.63, 3.8) is 0 Å². The van der Waals surface area contributed by atoms with Crippen LogP contribution < -0.4 is 5.32 Å². The first kappa shape index (κ1) is 29.2. The highest BCUT2D eigenvalue weighted by Crippen LogP contribution is 2.29. The van der Waals surface area contributed by atoms with Crippen LogP contribution in [0.3, 0.4) is 0 Å². The van der Waals surface area contributed by atoms with Gasteiger partial charge in [0.1, 0.15) is 11.6 Å². The Morgan fingerprint density at radius 1 is 0.767 bits per heavy atom. The molecule has 5 aromatic rings. The molecule has 9 heteroatoms. The molecule has 1 heterocycles. The lowest BCUT2D eigenvalue weighted by Crippen LogP contribution is -2.35. The molecule has 4 aromatic carbocycles. The molecule has 7 nitrogen and oxygen atoms in total. The first-order valence-corrected chi connectivity index (χ1v) is 13.8. The van der Waals surface area contributed by atoms with E-state index in [1.54, 1.807) is 48.5 Å². The molecule has 0 unspecified atom stereocenters. The molecule has 0 radical (unpaired) electrons. The van der Waals surface area contributed by atoms with Crippen LogP contribution in [-0.4, -0.2) is 45.9 Å². The van der Waals surface area contributed by atoms with Crippen LogP contribution in [0.4, 0.5) is 8.78 Å². The second kappa shape index (κ2) is 13.1. The van der Waals surface area contributed by atoms with E-state index in [1.807, 2.05) is 30.5 Å². The monoisotopic (exact) mass is 581 g/mol. The van der Waals surface area contributed by atoms with Crippen LogP contribution >= 0.6 is 0 Å². The van der Waals surface area contributed by atoms with Gasteiger partial charge >= 0.3 is 5.97 Å². The molecule has 2 amide bonds. The predicted octanol–water partition coefficient (Wildman–Crippen LogP) is 6.20. The van der Waals surface area contributed by atoms with Gasteiger partial charge in [-0.05, 0) is 53.4 Å². The van der Waals surface area contributed by atoms with E-state index in [1.165, 1.54) is 11.0 Å². The average molecular weight is 582 g/mol. The molecule has 0 bridgehead atoms. The van der Waals surface area contributed by atoms with E-state index in [9.17, 15) is 28.3 Å². The molecule has 218 valence electrons. The zero-order valence-electron chi connectivity index (χ0n) is 23.1. The fourth-order valence-corrected chi connectivity index (χ4v) is 5.10. The number of aromatic amines is 1. The number of nitrogens with one attached hydrogen (secondary N) is 2. The smallest absolute Gasteiger partial charge is 0.305 e. The van der Waals surface area contributed by atoms with Gasteiger partial charge in [-0.3, -0.25) is 14.4 Å². The van der Waals surface area contributed by atoms with Crippen molar-refractivity contribution in [1.82, 2.24) is 15.2 Å². The van der Waals surface area contributed by atoms with Crippen molar-refractivity contribution in [2.75, 3.05) is 13.1 Å². The fraction of sp³-hybridized carbons (Fsp3) is 0.147. The number of H-pyrrole nitrogens is 1. The Kier molecular flexibility index (Phi) is 8.90. The molecular weight excluding hydrogens is 552 g/mol. The molecule has 0 saturated heterocycles. The summed E-state index contributed by atoms with van der Waals surface area (Å²) in [4.78, 5) is 43.4. The zero-order chi connectivity index (χ0) is 30.3. The molecule has 0 aliphatic rings. The quantitative estimate of drug-likeness (QED) is 0.173. The number of fused-ring (bicyclic) bond motifs is 1. The van der Waals surface area contributed by atoms with Crippen molar-refractivity contribution in [2.24, 2.45) is 0 Å². The second-order valence-electron chi connectivity index (χ2n) is 10.0. The molecule has 0 aliphatic carbocycles. The Morgan fingerprint density at radius 2 is 1.40 bits per heavy atom. The van der Waals surface area contributed by atoms with Gasteiger partial charge in [0, 0.05) is 53.4 Å². The lowest BCUT2D eigenvalue weighted by Gasteiger charge is -2.24. The lowest BCUT2D eigenvalue weighted by atomic mass is 9.94. The van der Waals surface area contributed by atoms with Gasteiger partial charge in [0.15, 0.2) is 0 Å². The third kappa shape index (κ3) is 6.62. The Balaban J connectivity index is 1.42. The Bertz CT molecular complexity index is 1780. The normalized spacial score (nSPS) is 10.9. The molecule has 1 aromatic heterocycles. The van der Waals surface area contributed by atoms with E-state index in [2.05, 4.69) is 10.3 Å². The number of nitrogens with zero attached hydrogens (tertiary/aromatic N) is 1. The number of hydrogen-bond donors (Lipinski definition) is 3. The number of para-hydroxylation sites is 1. The van der Waals surface area contributed by atoms with Gasteiger partial charge in [-0.2, -0.15) is 0 Å². The van der Waals surface area contributed by atoms with Gasteiger partial charge in [0.25, 0.3) is 11.8 Å².